The predicted octanol–water partition coefficient (Wildman–Crippen LogP) is 6.83. The highest BCUT2D eigenvalue weighted by molar-refractivity contribution is 6.30. The van der Waals surface area contributed by atoms with Crippen LogP contribution in [0.3, 0.4) is 0 Å². The van der Waals surface area contributed by atoms with Crippen LogP contribution in [0.1, 0.15) is 29.5 Å². The first-order valence-corrected chi connectivity index (χ1v) is 8.98. The van der Waals surface area contributed by atoms with E-state index in [0.717, 1.165) is 11.1 Å². The maximum Gasteiger partial charge on any atom is 0.298 e. The van der Waals surface area contributed by atoms with Crippen LogP contribution in [-0.4, -0.2) is 10.0 Å². The van der Waals surface area contributed by atoms with Gasteiger partial charge in [-0.3, -0.25) is 10.1 Å². The molecular weight excluding hydrogens is 378 g/mol. The predicted molar refractivity (Wildman–Crippen MR) is 109 cm³/mol. The molecule has 0 aromatic heterocycles. The Morgan fingerprint density at radius 1 is 1.04 bits per heavy atom. The summed E-state index contributed by atoms with van der Waals surface area (Å²) < 4.78 is 0. The van der Waals surface area contributed by atoms with Crippen molar-refractivity contribution in [2.24, 2.45) is 10.2 Å². The molecule has 0 spiro atoms. The van der Waals surface area contributed by atoms with E-state index in [1.54, 1.807) is 6.07 Å². The van der Waals surface area contributed by atoms with E-state index >= 15 is 0 Å². The number of nitro benzene ring substituents is 1. The van der Waals surface area contributed by atoms with Crippen LogP contribution in [-0.2, 0) is 0 Å². The summed E-state index contributed by atoms with van der Waals surface area (Å²) in [4.78, 5) is 10.6. The fraction of sp³-hybridized carbons (Fsp3) is 0.143. The van der Waals surface area contributed by atoms with Crippen molar-refractivity contribution in [3.63, 3.8) is 0 Å². The van der Waals surface area contributed by atoms with Crippen molar-refractivity contribution in [3.05, 3.63) is 92.5 Å². The molecular formula is C21H18ClN3O3. The van der Waals surface area contributed by atoms with Gasteiger partial charge in [0.15, 0.2) is 5.69 Å². The zero-order chi connectivity index (χ0) is 20.3. The molecule has 3 rings (SSSR count). The molecule has 6 nitrogen and oxygen atoms in total. The van der Waals surface area contributed by atoms with Crippen molar-refractivity contribution in [1.82, 2.24) is 0 Å². The van der Waals surface area contributed by atoms with E-state index in [1.165, 1.54) is 18.2 Å². The quantitative estimate of drug-likeness (QED) is 0.291. The van der Waals surface area contributed by atoms with Gasteiger partial charge in [0.2, 0.25) is 0 Å². The second-order valence-corrected chi connectivity index (χ2v) is 6.88. The van der Waals surface area contributed by atoms with Crippen molar-refractivity contribution >= 4 is 28.7 Å². The zero-order valence-electron chi connectivity index (χ0n) is 15.3. The molecule has 0 bridgehead atoms. The number of aryl methyl sites for hydroxylation is 1. The monoisotopic (exact) mass is 395 g/mol. The molecule has 0 aliphatic carbocycles. The molecule has 1 atom stereocenters. The molecule has 0 saturated carbocycles. The molecule has 28 heavy (non-hydrogen) atoms. The fourth-order valence-electron chi connectivity index (χ4n) is 2.95. The van der Waals surface area contributed by atoms with Crippen LogP contribution in [0.15, 0.2) is 70.9 Å². The lowest BCUT2D eigenvalue weighted by molar-refractivity contribution is -0.384. The minimum absolute atomic E-state index is 0.00215. The molecule has 142 valence electrons. The smallest absolute Gasteiger partial charge is 0.298 e. The minimum Gasteiger partial charge on any atom is -0.505 e. The normalized spacial score (nSPS) is 12.2. The number of nitrogens with zero attached hydrogens (tertiary/aromatic N) is 3. The lowest BCUT2D eigenvalue weighted by atomic mass is 9.91. The van der Waals surface area contributed by atoms with Gasteiger partial charge in [-0.2, -0.15) is 0 Å². The van der Waals surface area contributed by atoms with Crippen LogP contribution in [0.4, 0.5) is 17.1 Å². The summed E-state index contributed by atoms with van der Waals surface area (Å²) in [7, 11) is 0. The number of hydrogen-bond donors (Lipinski definition) is 1. The molecule has 0 aliphatic rings. The van der Waals surface area contributed by atoms with Crippen LogP contribution < -0.4 is 0 Å². The van der Waals surface area contributed by atoms with Gasteiger partial charge in [0, 0.05) is 22.6 Å². The summed E-state index contributed by atoms with van der Waals surface area (Å²) in [6, 6.07) is 17.5. The van der Waals surface area contributed by atoms with Gasteiger partial charge in [-0.25, -0.2) is 0 Å². The number of benzene rings is 3. The second-order valence-electron chi connectivity index (χ2n) is 6.44. The van der Waals surface area contributed by atoms with Crippen LogP contribution in [0, 0.1) is 17.0 Å². The lowest BCUT2D eigenvalue weighted by Gasteiger charge is -2.16. The van der Waals surface area contributed by atoms with Gasteiger partial charge in [0.05, 0.1) is 4.92 Å². The average Bonchev–Trinajstić information content (AvgIpc) is 2.69. The van der Waals surface area contributed by atoms with E-state index in [1.807, 2.05) is 50.2 Å². The Kier molecular flexibility index (Phi) is 5.70. The van der Waals surface area contributed by atoms with Crippen LogP contribution in [0.25, 0.3) is 0 Å². The number of phenols is 1. The van der Waals surface area contributed by atoms with Gasteiger partial charge in [-0.15, -0.1) is 10.2 Å². The molecule has 1 unspecified atom stereocenters. The summed E-state index contributed by atoms with van der Waals surface area (Å²) in [5.41, 5.74) is 2.73. The van der Waals surface area contributed by atoms with Crippen molar-refractivity contribution in [3.8, 4) is 5.75 Å². The Morgan fingerprint density at radius 2 is 1.71 bits per heavy atom. The van der Waals surface area contributed by atoms with Gasteiger partial charge in [0.25, 0.3) is 5.69 Å². The van der Waals surface area contributed by atoms with Gasteiger partial charge < -0.3 is 5.11 Å². The lowest BCUT2D eigenvalue weighted by Crippen LogP contribution is -1.97. The molecule has 3 aromatic carbocycles. The van der Waals surface area contributed by atoms with Crippen molar-refractivity contribution in [2.75, 3.05) is 0 Å². The number of azo groups is 1. The van der Waals surface area contributed by atoms with E-state index in [2.05, 4.69) is 10.2 Å². The first kappa shape index (κ1) is 19.5. The third-order valence-electron chi connectivity index (χ3n) is 4.43. The number of phenolic OH excluding ortho intramolecular Hbond substituents is 1. The number of halogens is 1. The SMILES string of the molecule is Cc1cc(N=Nc2ccc(Cl)cc2[N+](=O)[O-])c(O)c(C(C)c2ccccc2)c1. The molecule has 1 N–H and O–H groups in total. The van der Waals surface area contributed by atoms with Gasteiger partial charge in [-0.1, -0.05) is 54.9 Å². The summed E-state index contributed by atoms with van der Waals surface area (Å²) in [6.07, 6.45) is 0. The van der Waals surface area contributed by atoms with E-state index in [-0.39, 0.29) is 33.8 Å². The average molecular weight is 396 g/mol. The van der Waals surface area contributed by atoms with Gasteiger partial charge in [0.1, 0.15) is 11.4 Å². The summed E-state index contributed by atoms with van der Waals surface area (Å²) in [5, 5.41) is 30.2. The summed E-state index contributed by atoms with van der Waals surface area (Å²) >= 11 is 5.82. The van der Waals surface area contributed by atoms with E-state index in [0.29, 0.717) is 5.56 Å². The van der Waals surface area contributed by atoms with E-state index in [9.17, 15) is 15.2 Å². The van der Waals surface area contributed by atoms with Crippen LogP contribution in [0.5, 0.6) is 5.75 Å². The number of nitro groups is 1. The number of aromatic hydroxyl groups is 1. The molecule has 0 amide bonds. The highest BCUT2D eigenvalue weighted by Crippen LogP contribution is 2.40. The van der Waals surface area contributed by atoms with Gasteiger partial charge >= 0.3 is 0 Å². The van der Waals surface area contributed by atoms with Crippen molar-refractivity contribution in [2.45, 2.75) is 19.8 Å². The van der Waals surface area contributed by atoms with Crippen molar-refractivity contribution in [1.29, 1.82) is 0 Å². The Labute approximate surface area is 167 Å². The molecule has 0 heterocycles. The Morgan fingerprint density at radius 3 is 2.39 bits per heavy atom. The first-order chi connectivity index (χ1) is 13.4. The van der Waals surface area contributed by atoms with Crippen LogP contribution in [0.2, 0.25) is 5.02 Å². The molecule has 0 saturated heterocycles. The van der Waals surface area contributed by atoms with Gasteiger partial charge in [-0.05, 0) is 36.2 Å². The maximum absolute atomic E-state index is 11.2. The fourth-order valence-corrected chi connectivity index (χ4v) is 3.12. The third kappa shape index (κ3) is 4.18. The van der Waals surface area contributed by atoms with E-state index in [4.69, 9.17) is 11.6 Å². The third-order valence-corrected chi connectivity index (χ3v) is 4.66. The highest BCUT2D eigenvalue weighted by Gasteiger charge is 2.18. The minimum atomic E-state index is -0.570. The Hall–Kier alpha value is -3.25. The van der Waals surface area contributed by atoms with E-state index < -0.39 is 4.92 Å². The standard InChI is InChI=1S/C21H18ClN3O3/c1-13-10-17(14(2)15-6-4-3-5-7-15)21(26)19(11-13)24-23-18-9-8-16(22)12-20(18)25(27)28/h3-12,14,26H,1-2H3. The van der Waals surface area contributed by atoms with Crippen molar-refractivity contribution < 1.29 is 10.0 Å². The summed E-state index contributed by atoms with van der Waals surface area (Å²) in [6.45, 7) is 3.89. The first-order valence-electron chi connectivity index (χ1n) is 8.61. The number of hydrogen-bond acceptors (Lipinski definition) is 5. The zero-order valence-corrected chi connectivity index (χ0v) is 16.1. The number of rotatable bonds is 5. The topological polar surface area (TPSA) is 88.1 Å². The Bertz CT molecular complexity index is 1050. The molecule has 7 heteroatoms. The summed E-state index contributed by atoms with van der Waals surface area (Å²) in [5.74, 6) is -0.0535. The highest BCUT2D eigenvalue weighted by atomic mass is 35.5. The maximum atomic E-state index is 11.2. The molecule has 0 radical (unpaired) electrons. The Balaban J connectivity index is 2.01. The second kappa shape index (κ2) is 8.19. The largest absolute Gasteiger partial charge is 0.505 e. The molecule has 0 fully saturated rings. The molecule has 0 aliphatic heterocycles. The van der Waals surface area contributed by atoms with Crippen LogP contribution >= 0.6 is 11.6 Å². The molecule has 3 aromatic rings.